The number of hydrogen-bond donors (Lipinski definition) is 0. The molecule has 0 aliphatic carbocycles. The highest BCUT2D eigenvalue weighted by molar-refractivity contribution is 7.54. The number of halogens is 1. The number of likely N-dealkylation sites (tertiary alicyclic amines) is 1. The van der Waals surface area contributed by atoms with Gasteiger partial charge in [-0.3, -0.25) is 4.57 Å². The van der Waals surface area contributed by atoms with Gasteiger partial charge in [-0.05, 0) is 33.6 Å². The van der Waals surface area contributed by atoms with Gasteiger partial charge in [-0.25, -0.2) is 9.18 Å². The first kappa shape index (κ1) is 17.4. The van der Waals surface area contributed by atoms with Crippen molar-refractivity contribution in [2.75, 3.05) is 20.8 Å². The predicted octanol–water partition coefficient (Wildman–Crippen LogP) is 3.17. The van der Waals surface area contributed by atoms with Crippen molar-refractivity contribution in [1.29, 1.82) is 0 Å². The fourth-order valence-electron chi connectivity index (χ4n) is 2.11. The molecule has 1 rings (SSSR count). The Bertz CT molecular complexity index is 390. The minimum Gasteiger partial charge on any atom is -0.444 e. The van der Waals surface area contributed by atoms with Gasteiger partial charge in [0.1, 0.15) is 5.60 Å². The van der Waals surface area contributed by atoms with Crippen molar-refractivity contribution in [3.05, 3.63) is 0 Å². The fourth-order valence-corrected chi connectivity index (χ4v) is 3.40. The van der Waals surface area contributed by atoms with Gasteiger partial charge in [0.15, 0.2) is 0 Å². The molecule has 1 saturated heterocycles. The molecule has 0 aromatic rings. The molecule has 0 spiro atoms. The summed E-state index contributed by atoms with van der Waals surface area (Å²) in [6.07, 6.45) is 0.413. The van der Waals surface area contributed by atoms with Gasteiger partial charge in [-0.2, -0.15) is 0 Å². The van der Waals surface area contributed by atoms with E-state index in [9.17, 15) is 13.8 Å². The molecule has 0 aromatic heterocycles. The second-order valence-corrected chi connectivity index (χ2v) is 7.96. The zero-order chi connectivity index (χ0) is 15.6. The van der Waals surface area contributed by atoms with E-state index in [0.717, 1.165) is 14.2 Å². The molecule has 2 atom stereocenters. The average Bonchev–Trinajstić information content (AvgIpc) is 2.84. The molecule has 1 fully saturated rings. The number of carbonyl (C=O) groups is 1. The molecule has 6 nitrogen and oxygen atoms in total. The van der Waals surface area contributed by atoms with E-state index in [1.165, 1.54) is 4.90 Å². The quantitative estimate of drug-likeness (QED) is 0.746. The second kappa shape index (κ2) is 6.41. The number of carbonyl (C=O) groups excluding carboxylic acids is 1. The molecule has 0 saturated carbocycles. The molecule has 20 heavy (non-hydrogen) atoms. The van der Waals surface area contributed by atoms with Gasteiger partial charge in [0.2, 0.25) is 5.91 Å². The maximum atomic E-state index is 14.4. The van der Waals surface area contributed by atoms with E-state index in [1.807, 2.05) is 0 Å². The van der Waals surface area contributed by atoms with Crippen LogP contribution in [-0.2, 0) is 18.3 Å². The molecule has 1 aliphatic heterocycles. The monoisotopic (exact) mass is 311 g/mol. The van der Waals surface area contributed by atoms with E-state index < -0.39 is 31.2 Å². The van der Waals surface area contributed by atoms with Crippen LogP contribution < -0.4 is 0 Å². The van der Waals surface area contributed by atoms with E-state index >= 15 is 0 Å². The maximum absolute atomic E-state index is 14.4. The summed E-state index contributed by atoms with van der Waals surface area (Å²) < 4.78 is 41.1. The van der Waals surface area contributed by atoms with Crippen LogP contribution in [0.2, 0.25) is 0 Å². The smallest absolute Gasteiger partial charge is 0.410 e. The van der Waals surface area contributed by atoms with Crippen LogP contribution in [0.15, 0.2) is 0 Å². The third-order valence-corrected chi connectivity index (χ3v) is 5.02. The lowest BCUT2D eigenvalue weighted by atomic mass is 10.2. The molecule has 0 N–H and O–H groups in total. The van der Waals surface area contributed by atoms with Crippen molar-refractivity contribution in [2.45, 2.75) is 51.2 Å². The van der Waals surface area contributed by atoms with Crippen LogP contribution >= 0.6 is 7.60 Å². The minimum absolute atomic E-state index is 0.368. The standard InChI is InChI=1S/C12H23FNO5P/c1-12(2,3)19-11(15)14-8-6-7-9(14)10(13)20(16,17-4)18-5/h9-10H,6-8H2,1-5H3/t9-,10?/m0/s1. The number of nitrogens with zero attached hydrogens (tertiary/aromatic N) is 1. The Hall–Kier alpha value is -0.650. The normalized spacial score (nSPS) is 21.9. The molecule has 1 amide bonds. The van der Waals surface area contributed by atoms with Crippen LogP contribution in [0.4, 0.5) is 9.18 Å². The Kier molecular flexibility index (Phi) is 5.58. The van der Waals surface area contributed by atoms with Gasteiger partial charge in [-0.15, -0.1) is 0 Å². The van der Waals surface area contributed by atoms with E-state index in [-0.39, 0.29) is 0 Å². The van der Waals surface area contributed by atoms with Crippen LogP contribution in [0.3, 0.4) is 0 Å². The Balaban J connectivity index is 2.84. The van der Waals surface area contributed by atoms with Crippen LogP contribution in [0, 0.1) is 0 Å². The van der Waals surface area contributed by atoms with Crippen LogP contribution in [-0.4, -0.2) is 49.3 Å². The van der Waals surface area contributed by atoms with Gasteiger partial charge in [0, 0.05) is 20.8 Å². The molecule has 118 valence electrons. The molecule has 1 unspecified atom stereocenters. The molecular weight excluding hydrogens is 288 g/mol. The Morgan fingerprint density at radius 1 is 1.35 bits per heavy atom. The average molecular weight is 311 g/mol. The Morgan fingerprint density at radius 3 is 2.35 bits per heavy atom. The fraction of sp³-hybridized carbons (Fsp3) is 0.917. The van der Waals surface area contributed by atoms with Crippen molar-refractivity contribution >= 4 is 13.7 Å². The first-order valence-electron chi connectivity index (χ1n) is 6.49. The summed E-state index contributed by atoms with van der Waals surface area (Å²) in [5.74, 6) is -1.88. The summed E-state index contributed by atoms with van der Waals surface area (Å²) in [6.45, 7) is 5.57. The van der Waals surface area contributed by atoms with E-state index in [4.69, 9.17) is 4.74 Å². The van der Waals surface area contributed by atoms with Crippen molar-refractivity contribution in [2.24, 2.45) is 0 Å². The number of rotatable bonds is 4. The lowest BCUT2D eigenvalue weighted by molar-refractivity contribution is 0.0178. The molecular formula is C12H23FNO5P. The van der Waals surface area contributed by atoms with Gasteiger partial charge in [0.05, 0.1) is 6.04 Å². The van der Waals surface area contributed by atoms with Crippen molar-refractivity contribution in [3.63, 3.8) is 0 Å². The van der Waals surface area contributed by atoms with Gasteiger partial charge in [-0.1, -0.05) is 0 Å². The zero-order valence-corrected chi connectivity index (χ0v) is 13.5. The molecule has 0 radical (unpaired) electrons. The summed E-state index contributed by atoms with van der Waals surface area (Å²) in [5.41, 5.74) is -0.664. The number of hydrogen-bond acceptors (Lipinski definition) is 5. The lowest BCUT2D eigenvalue weighted by Gasteiger charge is -2.31. The van der Waals surface area contributed by atoms with Gasteiger partial charge >= 0.3 is 13.7 Å². The van der Waals surface area contributed by atoms with Crippen LogP contribution in [0.25, 0.3) is 0 Å². The molecule has 1 aliphatic rings. The summed E-state index contributed by atoms with van der Waals surface area (Å²) in [7, 11) is -1.61. The summed E-state index contributed by atoms with van der Waals surface area (Å²) in [4.78, 5) is 13.3. The first-order chi connectivity index (χ1) is 9.14. The summed E-state index contributed by atoms with van der Waals surface area (Å²) in [5, 5.41) is 0. The van der Waals surface area contributed by atoms with Crippen LogP contribution in [0.5, 0.6) is 0 Å². The largest absolute Gasteiger partial charge is 0.444 e. The van der Waals surface area contributed by atoms with E-state index in [2.05, 4.69) is 9.05 Å². The van der Waals surface area contributed by atoms with Gasteiger partial charge < -0.3 is 18.7 Å². The minimum atomic E-state index is -3.87. The third kappa shape index (κ3) is 3.93. The molecule has 8 heteroatoms. The van der Waals surface area contributed by atoms with Gasteiger partial charge in [0.25, 0.3) is 0 Å². The van der Waals surface area contributed by atoms with Crippen LogP contribution in [0.1, 0.15) is 33.6 Å². The summed E-state index contributed by atoms with van der Waals surface area (Å²) >= 11 is 0. The SMILES string of the molecule is COP(=O)(OC)C(F)[C@@H]1CCCN1C(=O)OC(C)(C)C. The van der Waals surface area contributed by atoms with Crippen molar-refractivity contribution in [1.82, 2.24) is 4.90 Å². The topological polar surface area (TPSA) is 65.1 Å². The predicted molar refractivity (Wildman–Crippen MR) is 72.5 cm³/mol. The molecule has 0 bridgehead atoms. The number of alkyl halides is 1. The second-order valence-electron chi connectivity index (χ2n) is 5.66. The Morgan fingerprint density at radius 2 is 1.90 bits per heavy atom. The third-order valence-electron chi connectivity index (χ3n) is 3.06. The number of ether oxygens (including phenoxy) is 1. The highest BCUT2D eigenvalue weighted by Crippen LogP contribution is 2.55. The molecule has 1 heterocycles. The van der Waals surface area contributed by atoms with Crippen molar-refractivity contribution in [3.8, 4) is 0 Å². The molecule has 0 aromatic carbocycles. The summed E-state index contributed by atoms with van der Waals surface area (Å²) in [6, 6.07) is -0.851. The Labute approximate surface area is 119 Å². The van der Waals surface area contributed by atoms with E-state index in [1.54, 1.807) is 20.8 Å². The highest BCUT2D eigenvalue weighted by Gasteiger charge is 2.47. The highest BCUT2D eigenvalue weighted by atomic mass is 31.2. The maximum Gasteiger partial charge on any atom is 0.410 e. The zero-order valence-electron chi connectivity index (χ0n) is 12.6. The van der Waals surface area contributed by atoms with E-state index in [0.29, 0.717) is 19.4 Å². The van der Waals surface area contributed by atoms with Crippen molar-refractivity contribution < 1.29 is 27.5 Å². The lowest BCUT2D eigenvalue weighted by Crippen LogP contribution is -2.44. The number of amides is 1. The first-order valence-corrected chi connectivity index (χ1v) is 8.10.